The van der Waals surface area contributed by atoms with Gasteiger partial charge in [0.2, 0.25) is 11.8 Å². The number of hydrogen-bond acceptors (Lipinski definition) is 3. The summed E-state index contributed by atoms with van der Waals surface area (Å²) in [5, 5.41) is 3.01. The van der Waals surface area contributed by atoms with Crippen molar-refractivity contribution in [2.75, 3.05) is 16.0 Å². The van der Waals surface area contributed by atoms with Crippen molar-refractivity contribution in [3.8, 4) is 0 Å². The first kappa shape index (κ1) is 24.4. The highest BCUT2D eigenvalue weighted by Crippen LogP contribution is 2.42. The summed E-state index contributed by atoms with van der Waals surface area (Å²) in [6, 6.07) is 16.3. The van der Waals surface area contributed by atoms with Crippen molar-refractivity contribution >= 4 is 35.0 Å². The number of nitrogens with zero attached hydrogens (tertiary/aromatic N) is 1. The third-order valence-electron chi connectivity index (χ3n) is 6.09. The van der Waals surface area contributed by atoms with Crippen molar-refractivity contribution in [3.05, 3.63) is 59.7 Å². The summed E-state index contributed by atoms with van der Waals surface area (Å²) in [7, 11) is 0. The number of amides is 2. The molecule has 0 unspecified atom stereocenters. The molecule has 2 atom stereocenters. The van der Waals surface area contributed by atoms with Crippen molar-refractivity contribution in [2.24, 2.45) is 5.92 Å². The highest BCUT2D eigenvalue weighted by Gasteiger charge is 2.34. The molecule has 32 heavy (non-hydrogen) atoms. The monoisotopic (exact) mass is 452 g/mol. The van der Waals surface area contributed by atoms with Gasteiger partial charge in [-0.2, -0.15) is 0 Å². The van der Waals surface area contributed by atoms with Crippen LogP contribution in [0.15, 0.2) is 48.5 Å². The molecule has 0 bridgehead atoms. The van der Waals surface area contributed by atoms with E-state index in [9.17, 15) is 9.59 Å². The van der Waals surface area contributed by atoms with Gasteiger partial charge in [-0.25, -0.2) is 0 Å². The first-order valence-corrected chi connectivity index (χ1v) is 12.7. The van der Waals surface area contributed by atoms with Crippen LogP contribution in [0.4, 0.5) is 11.4 Å². The van der Waals surface area contributed by atoms with E-state index in [0.29, 0.717) is 5.75 Å². The van der Waals surface area contributed by atoms with Gasteiger partial charge >= 0.3 is 0 Å². The Kier molecular flexibility index (Phi) is 8.05. The minimum Gasteiger partial charge on any atom is -0.326 e. The van der Waals surface area contributed by atoms with Crippen molar-refractivity contribution in [2.45, 2.75) is 71.1 Å². The number of carbonyl (C=O) groups is 2. The maximum absolute atomic E-state index is 12.8. The molecule has 0 spiro atoms. The van der Waals surface area contributed by atoms with Crippen molar-refractivity contribution in [1.82, 2.24) is 0 Å². The lowest BCUT2D eigenvalue weighted by Gasteiger charge is -2.26. The molecule has 2 amide bonds. The molecule has 1 fully saturated rings. The zero-order chi connectivity index (χ0) is 23.3. The number of benzene rings is 2. The number of unbranched alkanes of at least 4 members (excludes halogenated alkanes) is 1. The van der Waals surface area contributed by atoms with Gasteiger partial charge in [0.25, 0.3) is 0 Å². The Bertz CT molecular complexity index is 933. The summed E-state index contributed by atoms with van der Waals surface area (Å²) in [6.07, 6.45) is 3.93. The molecule has 4 nitrogen and oxygen atoms in total. The fraction of sp³-hybridized carbons (Fsp3) is 0.481. The Hall–Kier alpha value is -2.27. The Morgan fingerprint density at radius 3 is 2.50 bits per heavy atom. The maximum Gasteiger partial charge on any atom is 0.238 e. The summed E-state index contributed by atoms with van der Waals surface area (Å²) >= 11 is 1.63. The van der Waals surface area contributed by atoms with Crippen LogP contribution >= 0.6 is 11.8 Å². The van der Waals surface area contributed by atoms with Crippen LogP contribution in [0, 0.1) is 5.92 Å². The van der Waals surface area contributed by atoms with Crippen molar-refractivity contribution in [3.63, 3.8) is 0 Å². The largest absolute Gasteiger partial charge is 0.326 e. The van der Waals surface area contributed by atoms with E-state index >= 15 is 0 Å². The number of nitrogens with one attached hydrogen (secondary N) is 1. The Morgan fingerprint density at radius 1 is 1.16 bits per heavy atom. The van der Waals surface area contributed by atoms with Gasteiger partial charge in [0.05, 0.1) is 5.75 Å². The minimum atomic E-state index is -0.0955. The van der Waals surface area contributed by atoms with Crippen LogP contribution in [0.1, 0.15) is 76.8 Å². The quantitative estimate of drug-likeness (QED) is 0.473. The Labute approximate surface area is 197 Å². The molecule has 0 aliphatic carbocycles. The Balaban J connectivity index is 1.79. The zero-order valence-corrected chi connectivity index (χ0v) is 20.8. The average Bonchev–Trinajstić information content (AvgIpc) is 3.15. The highest BCUT2D eigenvalue weighted by atomic mass is 32.2. The third kappa shape index (κ3) is 5.74. The average molecular weight is 453 g/mol. The van der Waals surface area contributed by atoms with E-state index in [1.165, 1.54) is 5.56 Å². The number of anilines is 2. The lowest BCUT2D eigenvalue weighted by Crippen LogP contribution is -2.28. The molecule has 2 aromatic carbocycles. The maximum atomic E-state index is 12.8. The van der Waals surface area contributed by atoms with E-state index in [-0.39, 0.29) is 28.5 Å². The van der Waals surface area contributed by atoms with Gasteiger partial charge in [-0.05, 0) is 53.6 Å². The standard InChI is InChI=1S/C27H36N2O2S/c1-6-8-10-19(7-2)25(31)28-22-12-9-11-20(17-22)26-29(24(30)18-32-26)23-15-13-21(14-16-23)27(3,4)5/h9,11-17,19,26H,6-8,10,18H2,1-5H3,(H,28,31)/t19-,26-/m1/s1. The minimum absolute atomic E-state index is 0.0406. The lowest BCUT2D eigenvalue weighted by atomic mass is 9.87. The van der Waals surface area contributed by atoms with E-state index in [2.05, 4.69) is 52.1 Å². The molecule has 1 aliphatic rings. The lowest BCUT2D eigenvalue weighted by molar-refractivity contribution is -0.120. The third-order valence-corrected chi connectivity index (χ3v) is 7.30. The van der Waals surface area contributed by atoms with Crippen LogP contribution < -0.4 is 10.2 Å². The van der Waals surface area contributed by atoms with Crippen LogP contribution in [0.2, 0.25) is 0 Å². The van der Waals surface area contributed by atoms with E-state index in [1.54, 1.807) is 11.8 Å². The van der Waals surface area contributed by atoms with E-state index < -0.39 is 0 Å². The fourth-order valence-corrected chi connectivity index (χ4v) is 5.22. The van der Waals surface area contributed by atoms with Gasteiger partial charge in [0.1, 0.15) is 5.37 Å². The van der Waals surface area contributed by atoms with Gasteiger partial charge < -0.3 is 5.32 Å². The second-order valence-electron chi connectivity index (χ2n) is 9.59. The van der Waals surface area contributed by atoms with Gasteiger partial charge in [-0.1, -0.05) is 71.7 Å². The normalized spacial score (nSPS) is 17.5. The highest BCUT2D eigenvalue weighted by molar-refractivity contribution is 8.00. The van der Waals surface area contributed by atoms with Crippen LogP contribution in [-0.4, -0.2) is 17.6 Å². The first-order valence-electron chi connectivity index (χ1n) is 11.7. The SMILES string of the molecule is CCCC[C@@H](CC)C(=O)Nc1cccc([C@H]2SCC(=O)N2c2ccc(C(C)(C)C)cc2)c1. The van der Waals surface area contributed by atoms with Crippen molar-refractivity contribution < 1.29 is 9.59 Å². The van der Waals surface area contributed by atoms with Gasteiger partial charge in [-0.3, -0.25) is 14.5 Å². The molecule has 1 aliphatic heterocycles. The molecule has 0 saturated carbocycles. The van der Waals surface area contributed by atoms with Crippen LogP contribution in [0.5, 0.6) is 0 Å². The molecule has 1 saturated heterocycles. The van der Waals surface area contributed by atoms with E-state index in [4.69, 9.17) is 0 Å². The molecule has 5 heteroatoms. The number of rotatable bonds is 8. The molecule has 3 rings (SSSR count). The summed E-state index contributed by atoms with van der Waals surface area (Å²) in [5.41, 5.74) is 4.06. The fourth-order valence-electron chi connectivity index (χ4n) is 4.06. The molecule has 2 aromatic rings. The summed E-state index contributed by atoms with van der Waals surface area (Å²) < 4.78 is 0. The van der Waals surface area contributed by atoms with E-state index in [0.717, 1.165) is 42.6 Å². The Morgan fingerprint density at radius 2 is 1.88 bits per heavy atom. The first-order chi connectivity index (χ1) is 15.2. The molecular formula is C27H36N2O2S. The molecule has 1 heterocycles. The smallest absolute Gasteiger partial charge is 0.238 e. The zero-order valence-electron chi connectivity index (χ0n) is 20.0. The topological polar surface area (TPSA) is 49.4 Å². The molecule has 0 radical (unpaired) electrons. The summed E-state index contributed by atoms with van der Waals surface area (Å²) in [6.45, 7) is 10.8. The van der Waals surface area contributed by atoms with Crippen LogP contribution in [-0.2, 0) is 15.0 Å². The molecular weight excluding hydrogens is 416 g/mol. The van der Waals surface area contributed by atoms with Crippen LogP contribution in [0.3, 0.4) is 0 Å². The van der Waals surface area contributed by atoms with Crippen molar-refractivity contribution in [1.29, 1.82) is 0 Å². The molecule has 1 N–H and O–H groups in total. The second kappa shape index (κ2) is 10.6. The summed E-state index contributed by atoms with van der Waals surface area (Å²) in [5.74, 6) is 0.697. The predicted molar refractivity (Wildman–Crippen MR) is 136 cm³/mol. The number of hydrogen-bond donors (Lipinski definition) is 1. The molecule has 172 valence electrons. The van der Waals surface area contributed by atoms with Gasteiger partial charge in [0, 0.05) is 17.3 Å². The number of carbonyl (C=O) groups excluding carboxylic acids is 2. The van der Waals surface area contributed by atoms with Gasteiger partial charge in [0.15, 0.2) is 0 Å². The predicted octanol–water partition coefficient (Wildman–Crippen LogP) is 6.92. The molecule has 0 aromatic heterocycles. The number of thioether (sulfide) groups is 1. The summed E-state index contributed by atoms with van der Waals surface area (Å²) in [4.78, 5) is 27.4. The van der Waals surface area contributed by atoms with E-state index in [1.807, 2.05) is 41.3 Å². The second-order valence-corrected chi connectivity index (χ2v) is 10.7. The van der Waals surface area contributed by atoms with Gasteiger partial charge in [-0.15, -0.1) is 11.8 Å². The van der Waals surface area contributed by atoms with Crippen LogP contribution in [0.25, 0.3) is 0 Å².